The molecule has 0 bridgehead atoms. The molecular weight excluding hydrogens is 436 g/mol. The molecule has 4 aromatic rings. The van der Waals surface area contributed by atoms with Crippen molar-refractivity contribution < 1.29 is 4.74 Å². The predicted octanol–water partition coefficient (Wildman–Crippen LogP) is 3.88. The first kappa shape index (κ1) is 17.1. The highest BCUT2D eigenvalue weighted by atomic mass is 79.9. The minimum atomic E-state index is -0.0985. The van der Waals surface area contributed by atoms with E-state index in [1.54, 1.807) is 16.5 Å². The van der Waals surface area contributed by atoms with Crippen molar-refractivity contribution in [3.8, 4) is 18.1 Å². The Bertz CT molecular complexity index is 1280. The van der Waals surface area contributed by atoms with Crippen molar-refractivity contribution in [1.29, 1.82) is 0 Å². The fraction of sp³-hybridized carbons (Fsp3) is 0.0526. The second kappa shape index (κ2) is 6.76. The standard InChI is InChI=1S/C19H10BrClN2O2S/c1-2-7-25-17-12(20)8-11(9-13(17)21)10-16-18(24)23-15-6-4-3-5-14(15)22-19(23)26-16/h1,3-6,8-10H,7H2. The van der Waals surface area contributed by atoms with Gasteiger partial charge in [-0.2, -0.15) is 0 Å². The normalized spacial score (nSPS) is 12.0. The SMILES string of the molecule is C#CCOc1c(Cl)cc(C=c2sc3nc4ccccc4n3c2=O)cc1Br. The predicted molar refractivity (Wildman–Crippen MR) is 109 cm³/mol. The molecule has 7 heteroatoms. The molecule has 0 N–H and O–H groups in total. The van der Waals surface area contributed by atoms with Crippen molar-refractivity contribution in [2.45, 2.75) is 0 Å². The number of para-hydroxylation sites is 2. The fourth-order valence-corrected chi connectivity index (χ4v) is 4.65. The Morgan fingerprint density at radius 3 is 2.96 bits per heavy atom. The van der Waals surface area contributed by atoms with Crippen molar-refractivity contribution in [2.24, 2.45) is 0 Å². The van der Waals surface area contributed by atoms with E-state index < -0.39 is 0 Å². The lowest BCUT2D eigenvalue weighted by atomic mass is 10.2. The van der Waals surface area contributed by atoms with Crippen LogP contribution in [0.25, 0.3) is 22.1 Å². The summed E-state index contributed by atoms with van der Waals surface area (Å²) in [4.78, 5) is 18.0. The first-order valence-corrected chi connectivity index (χ1v) is 9.54. The topological polar surface area (TPSA) is 43.6 Å². The van der Waals surface area contributed by atoms with Crippen LogP contribution in [0.5, 0.6) is 5.75 Å². The summed E-state index contributed by atoms with van der Waals surface area (Å²) in [6.07, 6.45) is 7.00. The van der Waals surface area contributed by atoms with Gasteiger partial charge in [0.05, 0.1) is 25.1 Å². The van der Waals surface area contributed by atoms with Crippen molar-refractivity contribution in [1.82, 2.24) is 9.38 Å². The van der Waals surface area contributed by atoms with Gasteiger partial charge < -0.3 is 4.74 Å². The molecule has 0 aliphatic heterocycles. The van der Waals surface area contributed by atoms with Crippen LogP contribution >= 0.6 is 38.9 Å². The van der Waals surface area contributed by atoms with Crippen LogP contribution in [0, 0.1) is 12.3 Å². The molecule has 0 saturated carbocycles. The van der Waals surface area contributed by atoms with Gasteiger partial charge in [0.25, 0.3) is 5.56 Å². The number of rotatable bonds is 3. The summed E-state index contributed by atoms with van der Waals surface area (Å²) in [6.45, 7) is 0.126. The van der Waals surface area contributed by atoms with Crippen LogP contribution in [0.15, 0.2) is 45.7 Å². The molecule has 2 aromatic carbocycles. The smallest absolute Gasteiger partial charge is 0.274 e. The second-order valence-corrected chi connectivity index (χ2v) is 7.71. The molecule has 0 radical (unpaired) electrons. The molecule has 0 unspecified atom stereocenters. The Balaban J connectivity index is 1.85. The first-order chi connectivity index (χ1) is 12.6. The first-order valence-electron chi connectivity index (χ1n) is 7.55. The molecule has 4 rings (SSSR count). The van der Waals surface area contributed by atoms with Crippen molar-refractivity contribution in [3.63, 3.8) is 0 Å². The molecule has 26 heavy (non-hydrogen) atoms. The Hall–Kier alpha value is -2.33. The molecule has 128 valence electrons. The van der Waals surface area contributed by atoms with Crippen LogP contribution < -0.4 is 14.8 Å². The third kappa shape index (κ3) is 2.88. The molecule has 2 aromatic heterocycles. The third-order valence-corrected chi connectivity index (χ3v) is 5.60. The summed E-state index contributed by atoms with van der Waals surface area (Å²) in [6, 6.07) is 11.1. The zero-order valence-electron chi connectivity index (χ0n) is 13.2. The number of aromatic nitrogens is 2. The van der Waals surface area contributed by atoms with Gasteiger partial charge in [-0.25, -0.2) is 9.38 Å². The molecule has 2 heterocycles. The summed E-state index contributed by atoms with van der Waals surface area (Å²) in [5.41, 5.74) is 2.29. The van der Waals surface area contributed by atoms with Crippen molar-refractivity contribution in [3.05, 3.63) is 66.3 Å². The van der Waals surface area contributed by atoms with Crippen molar-refractivity contribution in [2.75, 3.05) is 6.61 Å². The highest BCUT2D eigenvalue weighted by Crippen LogP contribution is 2.34. The maximum atomic E-state index is 12.8. The number of imidazole rings is 1. The monoisotopic (exact) mass is 444 g/mol. The maximum Gasteiger partial charge on any atom is 0.274 e. The van der Waals surface area contributed by atoms with Gasteiger partial charge in [0, 0.05) is 0 Å². The van der Waals surface area contributed by atoms with E-state index in [2.05, 4.69) is 26.8 Å². The molecule has 0 spiro atoms. The van der Waals surface area contributed by atoms with Crippen LogP contribution in [0.3, 0.4) is 0 Å². The van der Waals surface area contributed by atoms with Gasteiger partial charge in [-0.3, -0.25) is 4.79 Å². The lowest BCUT2D eigenvalue weighted by molar-refractivity contribution is 0.368. The highest BCUT2D eigenvalue weighted by molar-refractivity contribution is 9.10. The van der Waals surface area contributed by atoms with E-state index in [4.69, 9.17) is 22.8 Å². The molecular formula is C19H10BrClN2O2S. The van der Waals surface area contributed by atoms with Crippen LogP contribution in [0.2, 0.25) is 5.02 Å². The molecule has 0 amide bonds. The maximum absolute atomic E-state index is 12.8. The number of fused-ring (bicyclic) bond motifs is 3. The van der Waals surface area contributed by atoms with E-state index in [1.165, 1.54) is 11.3 Å². The number of benzene rings is 2. The Kier molecular flexibility index (Phi) is 4.45. The molecule has 4 nitrogen and oxygen atoms in total. The second-order valence-electron chi connectivity index (χ2n) is 5.44. The largest absolute Gasteiger partial charge is 0.478 e. The molecule has 0 atom stereocenters. The third-order valence-electron chi connectivity index (χ3n) is 3.76. The molecule has 0 aliphatic rings. The number of halogens is 2. The van der Waals surface area contributed by atoms with Gasteiger partial charge in [-0.1, -0.05) is 41.0 Å². The Labute approximate surface area is 165 Å². The quantitative estimate of drug-likeness (QED) is 0.450. The molecule has 0 saturated heterocycles. The number of hydrogen-bond donors (Lipinski definition) is 0. The summed E-state index contributed by atoms with van der Waals surface area (Å²) >= 11 is 11.0. The van der Waals surface area contributed by atoms with E-state index in [1.807, 2.05) is 30.3 Å². The van der Waals surface area contributed by atoms with Crippen LogP contribution in [-0.4, -0.2) is 16.0 Å². The lowest BCUT2D eigenvalue weighted by Crippen LogP contribution is -2.22. The number of terminal acetylenes is 1. The lowest BCUT2D eigenvalue weighted by Gasteiger charge is -2.08. The van der Waals surface area contributed by atoms with E-state index >= 15 is 0 Å². The summed E-state index contributed by atoms with van der Waals surface area (Å²) < 4.78 is 8.31. The van der Waals surface area contributed by atoms with Gasteiger partial charge in [-0.05, 0) is 51.8 Å². The van der Waals surface area contributed by atoms with Crippen molar-refractivity contribution >= 4 is 60.9 Å². The number of thiazole rings is 1. The van der Waals surface area contributed by atoms with Crippen LogP contribution in [0.4, 0.5) is 0 Å². The van der Waals surface area contributed by atoms with Gasteiger partial charge in [0.1, 0.15) is 6.61 Å². The van der Waals surface area contributed by atoms with Gasteiger partial charge >= 0.3 is 0 Å². The number of nitrogens with zero attached hydrogens (tertiary/aromatic N) is 2. The summed E-state index contributed by atoms with van der Waals surface area (Å²) in [7, 11) is 0. The van der Waals surface area contributed by atoms with E-state index in [9.17, 15) is 4.79 Å². The van der Waals surface area contributed by atoms with E-state index in [0.29, 0.717) is 24.7 Å². The minimum Gasteiger partial charge on any atom is -0.478 e. The Morgan fingerprint density at radius 1 is 1.38 bits per heavy atom. The number of ether oxygens (including phenoxy) is 1. The van der Waals surface area contributed by atoms with Crippen LogP contribution in [0.1, 0.15) is 5.56 Å². The molecule has 0 fully saturated rings. The van der Waals surface area contributed by atoms with Gasteiger partial charge in [0.15, 0.2) is 10.7 Å². The highest BCUT2D eigenvalue weighted by Gasteiger charge is 2.12. The van der Waals surface area contributed by atoms with Gasteiger partial charge in [0.2, 0.25) is 0 Å². The molecule has 0 aliphatic carbocycles. The zero-order valence-corrected chi connectivity index (χ0v) is 16.4. The fourth-order valence-electron chi connectivity index (χ4n) is 2.68. The average Bonchev–Trinajstić information content (AvgIpc) is 3.11. The van der Waals surface area contributed by atoms with E-state index in [-0.39, 0.29) is 12.2 Å². The average molecular weight is 446 g/mol. The Morgan fingerprint density at radius 2 is 2.19 bits per heavy atom. The summed E-state index contributed by atoms with van der Waals surface area (Å²) in [5, 5.41) is 0.417. The zero-order chi connectivity index (χ0) is 18.3. The van der Waals surface area contributed by atoms with Crippen LogP contribution in [-0.2, 0) is 0 Å². The van der Waals surface area contributed by atoms with Gasteiger partial charge in [-0.15, -0.1) is 6.42 Å². The minimum absolute atomic E-state index is 0.0985. The summed E-state index contributed by atoms with van der Waals surface area (Å²) in [5.74, 6) is 2.88. The number of hydrogen-bond acceptors (Lipinski definition) is 4. The van der Waals surface area contributed by atoms with E-state index in [0.717, 1.165) is 16.6 Å².